The second kappa shape index (κ2) is 9.30. The molecule has 1 heterocycles. The fourth-order valence-corrected chi connectivity index (χ4v) is 4.05. The van der Waals surface area contributed by atoms with Gasteiger partial charge in [0.2, 0.25) is 5.91 Å². The lowest BCUT2D eigenvalue weighted by molar-refractivity contribution is -0.113. The molecule has 2 aromatic carbocycles. The Morgan fingerprint density at radius 1 is 1.11 bits per heavy atom. The number of nitrogens with zero attached hydrogens (tertiary/aromatic N) is 3. The van der Waals surface area contributed by atoms with E-state index >= 15 is 0 Å². The molecule has 3 rings (SSSR count). The first-order chi connectivity index (χ1) is 13.0. The Morgan fingerprint density at radius 3 is 2.59 bits per heavy atom. The van der Waals surface area contributed by atoms with Crippen LogP contribution in [0.2, 0.25) is 5.02 Å². The van der Waals surface area contributed by atoms with E-state index in [1.165, 1.54) is 22.2 Å². The van der Waals surface area contributed by atoms with Crippen molar-refractivity contribution >= 4 is 46.7 Å². The number of benzene rings is 2. The molecule has 0 bridgehead atoms. The molecule has 0 aliphatic heterocycles. The van der Waals surface area contributed by atoms with E-state index in [1.54, 1.807) is 23.9 Å². The molecule has 0 fully saturated rings. The number of halogens is 1. The van der Waals surface area contributed by atoms with Crippen molar-refractivity contribution in [1.82, 2.24) is 14.8 Å². The zero-order valence-corrected chi connectivity index (χ0v) is 17.4. The average molecular weight is 419 g/mol. The molecule has 0 aliphatic carbocycles. The predicted octanol–water partition coefficient (Wildman–Crippen LogP) is 4.80. The summed E-state index contributed by atoms with van der Waals surface area (Å²) in [4.78, 5) is 13.3. The van der Waals surface area contributed by atoms with Crippen LogP contribution in [0.15, 0.2) is 58.6 Å². The van der Waals surface area contributed by atoms with Crippen LogP contribution in [0, 0.1) is 6.92 Å². The minimum atomic E-state index is -0.133. The summed E-state index contributed by atoms with van der Waals surface area (Å²) in [5, 5.41) is 12.5. The molecule has 5 nitrogen and oxygen atoms in total. The van der Waals surface area contributed by atoms with E-state index in [1.807, 2.05) is 23.7 Å². The molecule has 0 radical (unpaired) electrons. The van der Waals surface area contributed by atoms with E-state index in [4.69, 9.17) is 11.6 Å². The SMILES string of the molecule is Cc1ccc(SCc2nnc(SCC(=O)Nc3ccccc3Cl)n2C)cc1. The van der Waals surface area contributed by atoms with Crippen LogP contribution in [0.4, 0.5) is 5.69 Å². The highest BCUT2D eigenvalue weighted by Crippen LogP contribution is 2.25. The number of hydrogen-bond donors (Lipinski definition) is 1. The van der Waals surface area contributed by atoms with Gasteiger partial charge in [0.1, 0.15) is 5.82 Å². The molecule has 140 valence electrons. The number of rotatable bonds is 7. The van der Waals surface area contributed by atoms with E-state index < -0.39 is 0 Å². The number of aromatic nitrogens is 3. The number of hydrogen-bond acceptors (Lipinski definition) is 5. The van der Waals surface area contributed by atoms with Crippen molar-refractivity contribution in [1.29, 1.82) is 0 Å². The van der Waals surface area contributed by atoms with Gasteiger partial charge in [0.15, 0.2) is 5.16 Å². The summed E-state index contributed by atoms with van der Waals surface area (Å²) in [6.45, 7) is 2.07. The van der Waals surface area contributed by atoms with Crippen molar-refractivity contribution in [3.8, 4) is 0 Å². The molecule has 0 aliphatic rings. The van der Waals surface area contributed by atoms with Crippen LogP contribution in [-0.2, 0) is 17.6 Å². The number of aryl methyl sites for hydroxylation is 1. The summed E-state index contributed by atoms with van der Waals surface area (Å²) >= 11 is 9.12. The van der Waals surface area contributed by atoms with Gasteiger partial charge in [-0.3, -0.25) is 4.79 Å². The smallest absolute Gasteiger partial charge is 0.234 e. The van der Waals surface area contributed by atoms with Gasteiger partial charge in [0.25, 0.3) is 0 Å². The molecule has 27 heavy (non-hydrogen) atoms. The molecule has 8 heteroatoms. The fraction of sp³-hybridized carbons (Fsp3) is 0.211. The highest BCUT2D eigenvalue weighted by Gasteiger charge is 2.12. The van der Waals surface area contributed by atoms with Crippen LogP contribution in [0.1, 0.15) is 11.4 Å². The van der Waals surface area contributed by atoms with E-state index in [9.17, 15) is 4.79 Å². The first-order valence-electron chi connectivity index (χ1n) is 8.28. The molecule has 1 aromatic heterocycles. The van der Waals surface area contributed by atoms with Gasteiger partial charge in [-0.1, -0.05) is 53.2 Å². The fourth-order valence-electron chi connectivity index (χ4n) is 2.26. The van der Waals surface area contributed by atoms with Gasteiger partial charge in [-0.05, 0) is 31.2 Å². The Labute approximate surface area is 171 Å². The molecular weight excluding hydrogens is 400 g/mol. The number of carbonyl (C=O) groups excluding carboxylic acids is 1. The molecular formula is C19H19ClN4OS2. The van der Waals surface area contributed by atoms with Gasteiger partial charge in [-0.15, -0.1) is 22.0 Å². The first-order valence-corrected chi connectivity index (χ1v) is 10.6. The monoisotopic (exact) mass is 418 g/mol. The summed E-state index contributed by atoms with van der Waals surface area (Å²) in [6.07, 6.45) is 0. The number of nitrogens with one attached hydrogen (secondary N) is 1. The maximum atomic E-state index is 12.1. The lowest BCUT2D eigenvalue weighted by Crippen LogP contribution is -2.14. The lowest BCUT2D eigenvalue weighted by Gasteiger charge is -2.07. The molecule has 0 saturated heterocycles. The van der Waals surface area contributed by atoms with Gasteiger partial charge in [0, 0.05) is 11.9 Å². The lowest BCUT2D eigenvalue weighted by atomic mass is 10.2. The Kier molecular flexibility index (Phi) is 6.82. The summed E-state index contributed by atoms with van der Waals surface area (Å²) in [5.74, 6) is 1.70. The van der Waals surface area contributed by atoms with Crippen molar-refractivity contribution in [3.05, 3.63) is 64.9 Å². The minimum absolute atomic E-state index is 0.133. The zero-order valence-electron chi connectivity index (χ0n) is 15.0. The van der Waals surface area contributed by atoms with E-state index in [-0.39, 0.29) is 11.7 Å². The summed E-state index contributed by atoms with van der Waals surface area (Å²) < 4.78 is 1.93. The van der Waals surface area contributed by atoms with Crippen LogP contribution >= 0.6 is 35.1 Å². The molecule has 0 spiro atoms. The van der Waals surface area contributed by atoms with Crippen molar-refractivity contribution in [2.75, 3.05) is 11.1 Å². The Morgan fingerprint density at radius 2 is 1.85 bits per heavy atom. The highest BCUT2D eigenvalue weighted by molar-refractivity contribution is 7.99. The maximum absolute atomic E-state index is 12.1. The Balaban J connectivity index is 1.53. The van der Waals surface area contributed by atoms with Crippen molar-refractivity contribution in [2.45, 2.75) is 22.7 Å². The minimum Gasteiger partial charge on any atom is -0.324 e. The number of anilines is 1. The van der Waals surface area contributed by atoms with Crippen molar-refractivity contribution in [2.24, 2.45) is 7.05 Å². The average Bonchev–Trinajstić information content (AvgIpc) is 3.01. The summed E-state index contributed by atoms with van der Waals surface area (Å²) in [7, 11) is 1.92. The predicted molar refractivity (Wildman–Crippen MR) is 113 cm³/mol. The van der Waals surface area contributed by atoms with Crippen LogP contribution in [-0.4, -0.2) is 26.4 Å². The zero-order chi connectivity index (χ0) is 19.2. The largest absolute Gasteiger partial charge is 0.324 e. The summed E-state index contributed by atoms with van der Waals surface area (Å²) in [6, 6.07) is 15.6. The second-order valence-corrected chi connectivity index (χ2v) is 8.27. The Hall–Kier alpha value is -1.96. The van der Waals surface area contributed by atoms with Gasteiger partial charge >= 0.3 is 0 Å². The third kappa shape index (κ3) is 5.51. The van der Waals surface area contributed by atoms with Crippen LogP contribution in [0.3, 0.4) is 0 Å². The highest BCUT2D eigenvalue weighted by atomic mass is 35.5. The maximum Gasteiger partial charge on any atom is 0.234 e. The van der Waals surface area contributed by atoms with E-state index in [0.717, 1.165) is 11.6 Å². The first kappa shape index (κ1) is 19.8. The number of thioether (sulfide) groups is 2. The quantitative estimate of drug-likeness (QED) is 0.558. The molecule has 0 saturated carbocycles. The normalized spacial score (nSPS) is 10.8. The van der Waals surface area contributed by atoms with E-state index in [0.29, 0.717) is 15.9 Å². The molecule has 1 amide bonds. The number of carbonyl (C=O) groups is 1. The molecule has 1 N–H and O–H groups in total. The van der Waals surface area contributed by atoms with Gasteiger partial charge in [-0.2, -0.15) is 0 Å². The van der Waals surface area contributed by atoms with E-state index in [2.05, 4.69) is 46.7 Å². The third-order valence-corrected chi connectivity index (χ3v) is 6.15. The Bertz CT molecular complexity index is 928. The van der Waals surface area contributed by atoms with Crippen LogP contribution < -0.4 is 5.32 Å². The second-order valence-electron chi connectivity index (χ2n) is 5.88. The van der Waals surface area contributed by atoms with Crippen LogP contribution in [0.25, 0.3) is 0 Å². The number of para-hydroxylation sites is 1. The standard InChI is InChI=1S/C19H19ClN4OS2/c1-13-7-9-14(10-8-13)26-11-17-22-23-19(24(17)2)27-12-18(25)21-16-6-4-3-5-15(16)20/h3-10H,11-12H2,1-2H3,(H,21,25). The van der Waals surface area contributed by atoms with Crippen molar-refractivity contribution < 1.29 is 4.79 Å². The third-order valence-electron chi connectivity index (χ3n) is 3.79. The van der Waals surface area contributed by atoms with Crippen molar-refractivity contribution in [3.63, 3.8) is 0 Å². The number of amides is 1. The topological polar surface area (TPSA) is 59.8 Å². The van der Waals surface area contributed by atoms with Gasteiger partial charge < -0.3 is 9.88 Å². The molecule has 0 atom stereocenters. The van der Waals surface area contributed by atoms with Gasteiger partial charge in [-0.25, -0.2) is 0 Å². The van der Waals surface area contributed by atoms with Gasteiger partial charge in [0.05, 0.1) is 22.2 Å². The summed E-state index contributed by atoms with van der Waals surface area (Å²) in [5.41, 5.74) is 1.85. The molecule has 3 aromatic rings. The van der Waals surface area contributed by atoms with Crippen LogP contribution in [0.5, 0.6) is 0 Å². The molecule has 0 unspecified atom stereocenters.